The van der Waals surface area contributed by atoms with Crippen molar-refractivity contribution >= 4 is 0 Å². The highest BCUT2D eigenvalue weighted by Gasteiger charge is 2.32. The zero-order valence-corrected chi connectivity index (χ0v) is 10.4. The van der Waals surface area contributed by atoms with Crippen LogP contribution in [0.2, 0.25) is 0 Å². The summed E-state index contributed by atoms with van der Waals surface area (Å²) in [6.45, 7) is 2.38. The van der Waals surface area contributed by atoms with Crippen molar-refractivity contribution in [1.29, 1.82) is 0 Å². The van der Waals surface area contributed by atoms with Crippen LogP contribution >= 0.6 is 0 Å². The second-order valence-electron chi connectivity index (χ2n) is 4.55. The lowest BCUT2D eigenvalue weighted by atomic mass is 10.0. The molecule has 0 fully saturated rings. The first kappa shape index (κ1) is 14.0. The smallest absolute Gasteiger partial charge is 0.309 e. The highest BCUT2D eigenvalue weighted by atomic mass is 19.4. The topological polar surface area (TPSA) is 3.24 Å². The van der Waals surface area contributed by atoms with Gasteiger partial charge in [-0.3, -0.25) is 0 Å². The lowest BCUT2D eigenvalue weighted by Crippen LogP contribution is -2.14. The molecular weight excluding hydrogens is 227 g/mol. The van der Waals surface area contributed by atoms with E-state index < -0.39 is 11.7 Å². The van der Waals surface area contributed by atoms with Crippen LogP contribution in [0, 0.1) is 6.92 Å². The third-order valence-corrected chi connectivity index (χ3v) is 2.68. The summed E-state index contributed by atoms with van der Waals surface area (Å²) in [4.78, 5) is 2.03. The van der Waals surface area contributed by atoms with Crippen molar-refractivity contribution in [2.45, 2.75) is 25.9 Å². The van der Waals surface area contributed by atoms with E-state index >= 15 is 0 Å². The summed E-state index contributed by atoms with van der Waals surface area (Å²) in [5, 5.41) is 0. The van der Waals surface area contributed by atoms with Crippen molar-refractivity contribution in [2.75, 3.05) is 20.6 Å². The Bertz CT molecular complexity index is 369. The van der Waals surface area contributed by atoms with Crippen LogP contribution in [-0.4, -0.2) is 25.5 Å². The van der Waals surface area contributed by atoms with Gasteiger partial charge in [-0.05, 0) is 57.6 Å². The van der Waals surface area contributed by atoms with Gasteiger partial charge in [0.15, 0.2) is 0 Å². The fraction of sp³-hybridized carbons (Fsp3) is 0.538. The number of hydrogen-bond donors (Lipinski definition) is 0. The Kier molecular flexibility index (Phi) is 4.57. The SMILES string of the molecule is Cc1ccc(CCCN(C)C)cc1C(F)(F)F. The Hall–Kier alpha value is -1.03. The van der Waals surface area contributed by atoms with E-state index in [1.165, 1.54) is 13.0 Å². The molecular formula is C13H18F3N. The van der Waals surface area contributed by atoms with Crippen LogP contribution in [0.5, 0.6) is 0 Å². The number of benzene rings is 1. The molecule has 0 aliphatic carbocycles. The van der Waals surface area contributed by atoms with Crippen LogP contribution in [0.3, 0.4) is 0 Å². The molecule has 0 bridgehead atoms. The third kappa shape index (κ3) is 4.38. The molecule has 0 aliphatic rings. The van der Waals surface area contributed by atoms with Gasteiger partial charge in [-0.1, -0.05) is 12.1 Å². The van der Waals surface area contributed by atoms with E-state index in [4.69, 9.17) is 0 Å². The third-order valence-electron chi connectivity index (χ3n) is 2.68. The fourth-order valence-electron chi connectivity index (χ4n) is 1.73. The largest absolute Gasteiger partial charge is 0.416 e. The average molecular weight is 245 g/mol. The summed E-state index contributed by atoms with van der Waals surface area (Å²) in [6.07, 6.45) is -2.70. The van der Waals surface area contributed by atoms with Gasteiger partial charge in [0.2, 0.25) is 0 Å². The van der Waals surface area contributed by atoms with Crippen LogP contribution in [0.15, 0.2) is 18.2 Å². The maximum Gasteiger partial charge on any atom is 0.416 e. The number of rotatable bonds is 4. The van der Waals surface area contributed by atoms with E-state index in [-0.39, 0.29) is 5.56 Å². The van der Waals surface area contributed by atoms with Crippen molar-refractivity contribution in [3.8, 4) is 0 Å². The summed E-state index contributed by atoms with van der Waals surface area (Å²) in [5.74, 6) is 0. The van der Waals surface area contributed by atoms with Crippen LogP contribution in [0.1, 0.15) is 23.1 Å². The maximum absolute atomic E-state index is 12.7. The summed E-state index contributed by atoms with van der Waals surface area (Å²) < 4.78 is 38.0. The van der Waals surface area contributed by atoms with Gasteiger partial charge >= 0.3 is 6.18 Å². The van der Waals surface area contributed by atoms with E-state index in [2.05, 4.69) is 0 Å². The lowest BCUT2D eigenvalue weighted by molar-refractivity contribution is -0.138. The molecule has 0 amide bonds. The van der Waals surface area contributed by atoms with Crippen LogP contribution in [-0.2, 0) is 12.6 Å². The maximum atomic E-state index is 12.7. The number of hydrogen-bond acceptors (Lipinski definition) is 1. The molecule has 0 heterocycles. The minimum Gasteiger partial charge on any atom is -0.309 e. The Morgan fingerprint density at radius 3 is 2.35 bits per heavy atom. The predicted octanol–water partition coefficient (Wildman–Crippen LogP) is 3.51. The molecule has 0 aliphatic heterocycles. The quantitative estimate of drug-likeness (QED) is 0.784. The van der Waals surface area contributed by atoms with Crippen LogP contribution < -0.4 is 0 Å². The standard InChI is InChI=1S/C13H18F3N/c1-10-6-7-11(5-4-8-17(2)3)9-12(10)13(14,15)16/h6-7,9H,4-5,8H2,1-3H3. The highest BCUT2D eigenvalue weighted by molar-refractivity contribution is 5.33. The highest BCUT2D eigenvalue weighted by Crippen LogP contribution is 2.32. The molecule has 0 unspecified atom stereocenters. The zero-order valence-electron chi connectivity index (χ0n) is 10.4. The molecule has 17 heavy (non-hydrogen) atoms. The second kappa shape index (κ2) is 5.54. The molecule has 0 atom stereocenters. The minimum atomic E-state index is -4.25. The molecule has 0 aromatic heterocycles. The van der Waals surface area contributed by atoms with Crippen molar-refractivity contribution < 1.29 is 13.2 Å². The van der Waals surface area contributed by atoms with E-state index in [9.17, 15) is 13.2 Å². The molecule has 0 spiro atoms. The first-order valence-electron chi connectivity index (χ1n) is 5.62. The zero-order chi connectivity index (χ0) is 13.1. The van der Waals surface area contributed by atoms with E-state index in [0.717, 1.165) is 18.5 Å². The van der Waals surface area contributed by atoms with Gasteiger partial charge in [0.25, 0.3) is 0 Å². The Balaban J connectivity index is 2.76. The molecule has 1 aromatic carbocycles. The second-order valence-corrected chi connectivity index (χ2v) is 4.55. The van der Waals surface area contributed by atoms with Gasteiger partial charge in [-0.25, -0.2) is 0 Å². The normalized spacial score (nSPS) is 12.2. The van der Waals surface area contributed by atoms with Gasteiger partial charge < -0.3 is 4.90 Å². The van der Waals surface area contributed by atoms with Gasteiger partial charge in [-0.2, -0.15) is 13.2 Å². The van der Waals surface area contributed by atoms with Gasteiger partial charge in [0.05, 0.1) is 5.56 Å². The molecule has 1 nitrogen and oxygen atoms in total. The molecule has 1 rings (SSSR count). The van der Waals surface area contributed by atoms with Crippen molar-refractivity contribution in [3.63, 3.8) is 0 Å². The van der Waals surface area contributed by atoms with Gasteiger partial charge in [0.1, 0.15) is 0 Å². The van der Waals surface area contributed by atoms with E-state index in [0.29, 0.717) is 6.42 Å². The first-order valence-corrected chi connectivity index (χ1v) is 5.62. The molecule has 4 heteroatoms. The molecule has 1 aromatic rings. The first-order chi connectivity index (χ1) is 7.80. The number of nitrogens with zero attached hydrogens (tertiary/aromatic N) is 1. The molecule has 96 valence electrons. The Morgan fingerprint density at radius 1 is 1.18 bits per heavy atom. The fourth-order valence-corrected chi connectivity index (χ4v) is 1.73. The van der Waals surface area contributed by atoms with E-state index in [1.54, 1.807) is 12.1 Å². The minimum absolute atomic E-state index is 0.286. The Labute approximate surface area is 100 Å². The monoisotopic (exact) mass is 245 g/mol. The number of aryl methyl sites for hydroxylation is 2. The molecule has 0 radical (unpaired) electrons. The van der Waals surface area contributed by atoms with Crippen molar-refractivity contribution in [1.82, 2.24) is 4.90 Å². The summed E-state index contributed by atoms with van der Waals surface area (Å²) in [6, 6.07) is 4.60. The lowest BCUT2D eigenvalue weighted by Gasteiger charge is -2.13. The summed E-state index contributed by atoms with van der Waals surface area (Å²) in [7, 11) is 3.91. The molecule has 0 saturated carbocycles. The van der Waals surface area contributed by atoms with Crippen molar-refractivity contribution in [2.24, 2.45) is 0 Å². The average Bonchev–Trinajstić information content (AvgIpc) is 2.18. The molecule has 0 saturated heterocycles. The molecule has 0 N–H and O–H groups in total. The van der Waals surface area contributed by atoms with E-state index in [1.807, 2.05) is 19.0 Å². The number of alkyl halides is 3. The van der Waals surface area contributed by atoms with Gasteiger partial charge in [-0.15, -0.1) is 0 Å². The van der Waals surface area contributed by atoms with Crippen LogP contribution in [0.25, 0.3) is 0 Å². The summed E-state index contributed by atoms with van der Waals surface area (Å²) >= 11 is 0. The summed E-state index contributed by atoms with van der Waals surface area (Å²) in [5.41, 5.74) is 0.526. The number of halogens is 3. The predicted molar refractivity (Wildman–Crippen MR) is 63.1 cm³/mol. The van der Waals surface area contributed by atoms with Gasteiger partial charge in [0, 0.05) is 0 Å². The Morgan fingerprint density at radius 2 is 1.82 bits per heavy atom. The van der Waals surface area contributed by atoms with Crippen molar-refractivity contribution in [3.05, 3.63) is 34.9 Å². The van der Waals surface area contributed by atoms with Crippen LogP contribution in [0.4, 0.5) is 13.2 Å².